The van der Waals surface area contributed by atoms with Crippen LogP contribution in [0.5, 0.6) is 0 Å². The van der Waals surface area contributed by atoms with Crippen LogP contribution >= 0.6 is 0 Å². The molecule has 0 aromatic heterocycles. The van der Waals surface area contributed by atoms with Crippen LogP contribution in [-0.4, -0.2) is 41.5 Å². The van der Waals surface area contributed by atoms with Crippen LogP contribution < -0.4 is 5.73 Å². The second-order valence-electron chi connectivity index (χ2n) is 5.86. The summed E-state index contributed by atoms with van der Waals surface area (Å²) >= 11 is 0. The van der Waals surface area contributed by atoms with Crippen LogP contribution in [0.2, 0.25) is 0 Å². The summed E-state index contributed by atoms with van der Waals surface area (Å²) in [4.78, 5) is 25.4. The van der Waals surface area contributed by atoms with Crippen molar-refractivity contribution in [3.05, 3.63) is 0 Å². The van der Waals surface area contributed by atoms with Gasteiger partial charge in [0.25, 0.3) is 0 Å². The van der Waals surface area contributed by atoms with Gasteiger partial charge in [-0.1, -0.05) is 6.92 Å². The first-order valence-electron chi connectivity index (χ1n) is 6.52. The van der Waals surface area contributed by atoms with E-state index in [9.17, 15) is 14.7 Å². The molecule has 0 aromatic carbocycles. The van der Waals surface area contributed by atoms with Gasteiger partial charge in [-0.3, -0.25) is 9.59 Å². The number of likely N-dealkylation sites (tertiary alicyclic amines) is 1. The number of amides is 1. The predicted molar refractivity (Wildman–Crippen MR) is 69.0 cm³/mol. The van der Waals surface area contributed by atoms with E-state index in [1.807, 2.05) is 6.92 Å². The third kappa shape index (κ3) is 2.66. The van der Waals surface area contributed by atoms with Gasteiger partial charge in [-0.05, 0) is 33.1 Å². The van der Waals surface area contributed by atoms with Gasteiger partial charge in [-0.2, -0.15) is 0 Å². The van der Waals surface area contributed by atoms with Crippen LogP contribution in [0.3, 0.4) is 0 Å². The third-order valence-corrected chi connectivity index (χ3v) is 4.08. The summed E-state index contributed by atoms with van der Waals surface area (Å²) in [5.41, 5.74) is 4.22. The minimum atomic E-state index is -0.798. The van der Waals surface area contributed by atoms with Gasteiger partial charge in [0.05, 0.1) is 10.8 Å². The summed E-state index contributed by atoms with van der Waals surface area (Å²) in [5, 5.41) is 9.39. The molecule has 5 heteroatoms. The largest absolute Gasteiger partial charge is 0.481 e. The lowest BCUT2D eigenvalue weighted by molar-refractivity contribution is -0.157. The summed E-state index contributed by atoms with van der Waals surface area (Å²) in [6.07, 6.45) is 1.94. The van der Waals surface area contributed by atoms with Gasteiger partial charge in [0, 0.05) is 19.6 Å². The molecule has 1 unspecified atom stereocenters. The Kier molecular flexibility index (Phi) is 4.37. The molecule has 1 amide bonds. The van der Waals surface area contributed by atoms with Gasteiger partial charge < -0.3 is 15.7 Å². The second kappa shape index (κ2) is 5.26. The molecule has 1 heterocycles. The first kappa shape index (κ1) is 15.0. The number of aliphatic carboxylic acids is 1. The lowest BCUT2D eigenvalue weighted by Crippen LogP contribution is -2.54. The van der Waals surface area contributed by atoms with Crippen LogP contribution in [0.1, 0.15) is 40.0 Å². The zero-order valence-corrected chi connectivity index (χ0v) is 11.5. The maximum absolute atomic E-state index is 12.3. The van der Waals surface area contributed by atoms with Crippen LogP contribution in [0, 0.1) is 10.8 Å². The summed E-state index contributed by atoms with van der Waals surface area (Å²) in [5.74, 6) is -0.836. The Bertz CT molecular complexity index is 341. The Labute approximate surface area is 108 Å². The standard InChI is InChI=1S/C13H24N2O3/c1-4-13(11(17)18)6-5-7-15(9-13)10(16)12(2,3)8-14/h4-9,14H2,1-3H3,(H,17,18). The lowest BCUT2D eigenvalue weighted by Gasteiger charge is -2.42. The van der Waals surface area contributed by atoms with E-state index < -0.39 is 16.8 Å². The number of hydrogen-bond acceptors (Lipinski definition) is 3. The van der Waals surface area contributed by atoms with Crippen molar-refractivity contribution < 1.29 is 14.7 Å². The van der Waals surface area contributed by atoms with E-state index in [-0.39, 0.29) is 12.5 Å². The number of piperidine rings is 1. The van der Waals surface area contributed by atoms with Gasteiger partial charge in [-0.15, -0.1) is 0 Å². The van der Waals surface area contributed by atoms with E-state index in [4.69, 9.17) is 5.73 Å². The molecule has 0 bridgehead atoms. The molecule has 0 saturated carbocycles. The Balaban J connectivity index is 2.87. The summed E-state index contributed by atoms with van der Waals surface area (Å²) in [6, 6.07) is 0. The van der Waals surface area contributed by atoms with E-state index in [0.29, 0.717) is 25.9 Å². The molecule has 1 rings (SSSR count). The van der Waals surface area contributed by atoms with Crippen molar-refractivity contribution in [1.29, 1.82) is 0 Å². The highest BCUT2D eigenvalue weighted by atomic mass is 16.4. The predicted octanol–water partition coefficient (Wildman–Crippen LogP) is 1.07. The molecule has 0 spiro atoms. The zero-order chi connectivity index (χ0) is 14.0. The number of carboxylic acid groups (broad SMARTS) is 1. The van der Waals surface area contributed by atoms with Crippen molar-refractivity contribution in [2.24, 2.45) is 16.6 Å². The molecule has 1 atom stereocenters. The maximum atomic E-state index is 12.3. The van der Waals surface area contributed by atoms with Gasteiger partial charge in [-0.25, -0.2) is 0 Å². The number of carbonyl (C=O) groups is 2. The molecule has 1 aliphatic heterocycles. The zero-order valence-electron chi connectivity index (χ0n) is 11.5. The highest BCUT2D eigenvalue weighted by Gasteiger charge is 2.44. The van der Waals surface area contributed by atoms with Gasteiger partial charge in [0.1, 0.15) is 0 Å². The number of carbonyl (C=O) groups excluding carboxylic acids is 1. The first-order valence-corrected chi connectivity index (χ1v) is 6.52. The molecule has 0 aliphatic carbocycles. The second-order valence-corrected chi connectivity index (χ2v) is 5.86. The van der Waals surface area contributed by atoms with Crippen LogP contribution in [0.25, 0.3) is 0 Å². The van der Waals surface area contributed by atoms with Gasteiger partial charge in [0.2, 0.25) is 5.91 Å². The fourth-order valence-electron chi connectivity index (χ4n) is 2.43. The third-order valence-electron chi connectivity index (χ3n) is 4.08. The lowest BCUT2D eigenvalue weighted by atomic mass is 9.77. The Morgan fingerprint density at radius 3 is 2.50 bits per heavy atom. The molecule has 5 nitrogen and oxygen atoms in total. The number of carboxylic acids is 1. The van der Waals surface area contributed by atoms with E-state index in [1.165, 1.54) is 0 Å². The number of rotatable bonds is 4. The molecule has 0 aromatic rings. The monoisotopic (exact) mass is 256 g/mol. The SMILES string of the molecule is CCC1(C(=O)O)CCCN(C(=O)C(C)(C)CN)C1. The van der Waals surface area contributed by atoms with Crippen LogP contribution in [-0.2, 0) is 9.59 Å². The molecule has 0 radical (unpaired) electrons. The summed E-state index contributed by atoms with van der Waals surface area (Å²) in [6.45, 7) is 6.69. The maximum Gasteiger partial charge on any atom is 0.311 e. The molecule has 104 valence electrons. The number of nitrogens with zero attached hydrogens (tertiary/aromatic N) is 1. The minimum absolute atomic E-state index is 0.0382. The smallest absolute Gasteiger partial charge is 0.311 e. The molecule has 1 saturated heterocycles. The van der Waals surface area contributed by atoms with E-state index in [2.05, 4.69) is 0 Å². The van der Waals surface area contributed by atoms with Gasteiger partial charge >= 0.3 is 5.97 Å². The van der Waals surface area contributed by atoms with Crippen molar-refractivity contribution >= 4 is 11.9 Å². The molecule has 1 fully saturated rings. The van der Waals surface area contributed by atoms with E-state index in [0.717, 1.165) is 6.42 Å². The Hall–Kier alpha value is -1.10. The normalized spacial score (nSPS) is 25.0. The fourth-order valence-corrected chi connectivity index (χ4v) is 2.43. The first-order chi connectivity index (χ1) is 8.29. The molecule has 3 N–H and O–H groups in total. The van der Waals surface area contributed by atoms with Crippen molar-refractivity contribution in [2.75, 3.05) is 19.6 Å². The summed E-state index contributed by atoms with van der Waals surface area (Å²) < 4.78 is 0. The van der Waals surface area contributed by atoms with E-state index in [1.54, 1.807) is 18.7 Å². The summed E-state index contributed by atoms with van der Waals surface area (Å²) in [7, 11) is 0. The average molecular weight is 256 g/mol. The van der Waals surface area contributed by atoms with Crippen LogP contribution in [0.15, 0.2) is 0 Å². The molecular weight excluding hydrogens is 232 g/mol. The number of nitrogens with two attached hydrogens (primary N) is 1. The quantitative estimate of drug-likeness (QED) is 0.788. The van der Waals surface area contributed by atoms with Crippen molar-refractivity contribution in [2.45, 2.75) is 40.0 Å². The van der Waals surface area contributed by atoms with Crippen molar-refractivity contribution in [3.63, 3.8) is 0 Å². The molecular formula is C13H24N2O3. The van der Waals surface area contributed by atoms with Gasteiger partial charge in [0.15, 0.2) is 0 Å². The highest BCUT2D eigenvalue weighted by molar-refractivity contribution is 5.83. The Morgan fingerprint density at radius 2 is 2.06 bits per heavy atom. The number of hydrogen-bond donors (Lipinski definition) is 2. The van der Waals surface area contributed by atoms with Crippen molar-refractivity contribution in [3.8, 4) is 0 Å². The topological polar surface area (TPSA) is 83.6 Å². The van der Waals surface area contributed by atoms with E-state index >= 15 is 0 Å². The van der Waals surface area contributed by atoms with Crippen molar-refractivity contribution in [1.82, 2.24) is 4.90 Å². The minimum Gasteiger partial charge on any atom is -0.481 e. The Morgan fingerprint density at radius 1 is 1.44 bits per heavy atom. The average Bonchev–Trinajstić information content (AvgIpc) is 2.37. The molecule has 1 aliphatic rings. The highest BCUT2D eigenvalue weighted by Crippen LogP contribution is 2.35. The molecule has 18 heavy (non-hydrogen) atoms. The van der Waals surface area contributed by atoms with Crippen LogP contribution in [0.4, 0.5) is 0 Å². The fraction of sp³-hybridized carbons (Fsp3) is 0.846.